The minimum Gasteiger partial charge on any atom is -0.0987 e. The monoisotopic (exact) mass is 494 g/mol. The van der Waals surface area contributed by atoms with Gasteiger partial charge in [0.2, 0.25) is 0 Å². The molecule has 190 valence electrons. The lowest BCUT2D eigenvalue weighted by Gasteiger charge is -2.27. The second-order valence-corrected chi connectivity index (χ2v) is 12.1. The summed E-state index contributed by atoms with van der Waals surface area (Å²) in [5, 5.41) is 0. The molecule has 6 rings (SSSR count). The Labute approximate surface area is 228 Å². The number of rotatable bonds is 5. The van der Waals surface area contributed by atoms with E-state index in [0.29, 0.717) is 0 Å². The van der Waals surface area contributed by atoms with Crippen LogP contribution in [0.4, 0.5) is 0 Å². The summed E-state index contributed by atoms with van der Waals surface area (Å²) in [6.07, 6.45) is 12.1. The van der Waals surface area contributed by atoms with Gasteiger partial charge in [-0.15, -0.1) is 0 Å². The van der Waals surface area contributed by atoms with Crippen LogP contribution in [0.15, 0.2) is 109 Å². The quantitative estimate of drug-likeness (QED) is 0.331. The highest BCUT2D eigenvalue weighted by Crippen LogP contribution is 2.52. The smallest absolute Gasteiger partial charge is 0.0158 e. The molecule has 0 bridgehead atoms. The van der Waals surface area contributed by atoms with E-state index in [0.717, 1.165) is 19.3 Å². The van der Waals surface area contributed by atoms with E-state index in [2.05, 4.69) is 132 Å². The summed E-state index contributed by atoms with van der Waals surface area (Å²) in [5.74, 6) is 0. The fourth-order valence-electron chi connectivity index (χ4n) is 7.36. The van der Waals surface area contributed by atoms with Crippen LogP contribution in [-0.2, 0) is 17.3 Å². The molecule has 0 spiro atoms. The van der Waals surface area contributed by atoms with Crippen LogP contribution in [-0.4, -0.2) is 0 Å². The topological polar surface area (TPSA) is 0 Å². The number of hydrogen-bond donors (Lipinski definition) is 0. The minimum absolute atomic E-state index is 0.0428. The van der Waals surface area contributed by atoms with Gasteiger partial charge < -0.3 is 0 Å². The third kappa shape index (κ3) is 3.57. The van der Waals surface area contributed by atoms with E-state index in [1.165, 1.54) is 61.2 Å². The van der Waals surface area contributed by atoms with Crippen molar-refractivity contribution < 1.29 is 0 Å². The van der Waals surface area contributed by atoms with Crippen LogP contribution in [0.5, 0.6) is 0 Å². The molecule has 3 aliphatic rings. The summed E-state index contributed by atoms with van der Waals surface area (Å²) in [5.41, 5.74) is 17.1. The third-order valence-corrected chi connectivity index (χ3v) is 9.27. The van der Waals surface area contributed by atoms with Gasteiger partial charge in [-0.05, 0) is 87.4 Å². The van der Waals surface area contributed by atoms with Gasteiger partial charge >= 0.3 is 0 Å². The van der Waals surface area contributed by atoms with Crippen molar-refractivity contribution in [3.05, 3.63) is 148 Å². The van der Waals surface area contributed by atoms with E-state index in [-0.39, 0.29) is 10.8 Å². The molecule has 0 aliphatic heterocycles. The minimum atomic E-state index is -0.0428. The fraction of sp³-hybridized carbons (Fsp3) is 0.263. The molecule has 0 nitrogen and oxygen atoms in total. The first-order chi connectivity index (χ1) is 18.3. The molecule has 3 aromatic carbocycles. The van der Waals surface area contributed by atoms with Crippen LogP contribution < -0.4 is 0 Å². The summed E-state index contributed by atoms with van der Waals surface area (Å²) in [6.45, 7) is 15.7. The predicted molar refractivity (Wildman–Crippen MR) is 164 cm³/mol. The Balaban J connectivity index is 1.45. The average Bonchev–Trinajstić information content (AvgIpc) is 3.28. The van der Waals surface area contributed by atoms with E-state index in [1.54, 1.807) is 5.57 Å². The number of allylic oxidation sites excluding steroid dienone is 9. The maximum absolute atomic E-state index is 4.19. The van der Waals surface area contributed by atoms with Gasteiger partial charge in [0, 0.05) is 10.8 Å². The highest BCUT2D eigenvalue weighted by atomic mass is 14.4. The largest absolute Gasteiger partial charge is 0.0987 e. The van der Waals surface area contributed by atoms with E-state index in [4.69, 9.17) is 0 Å². The summed E-state index contributed by atoms with van der Waals surface area (Å²) in [6, 6.07) is 25.0. The third-order valence-electron chi connectivity index (χ3n) is 9.27. The van der Waals surface area contributed by atoms with E-state index in [9.17, 15) is 0 Å². The molecule has 0 amide bonds. The van der Waals surface area contributed by atoms with E-state index < -0.39 is 0 Å². The van der Waals surface area contributed by atoms with Crippen molar-refractivity contribution in [1.82, 2.24) is 0 Å². The lowest BCUT2D eigenvalue weighted by Crippen LogP contribution is -2.18. The van der Waals surface area contributed by atoms with Crippen molar-refractivity contribution in [3.8, 4) is 0 Å². The summed E-state index contributed by atoms with van der Waals surface area (Å²) < 4.78 is 0. The molecule has 0 radical (unpaired) electrons. The maximum atomic E-state index is 4.19. The van der Waals surface area contributed by atoms with Gasteiger partial charge in [0.1, 0.15) is 0 Å². The number of benzene rings is 3. The predicted octanol–water partition coefficient (Wildman–Crippen LogP) is 10.0. The summed E-state index contributed by atoms with van der Waals surface area (Å²) in [7, 11) is 0. The molecule has 0 heteroatoms. The van der Waals surface area contributed by atoms with Crippen molar-refractivity contribution in [1.29, 1.82) is 0 Å². The molecule has 0 aromatic heterocycles. The van der Waals surface area contributed by atoms with Gasteiger partial charge in [-0.3, -0.25) is 0 Å². The molecule has 3 aromatic rings. The number of hydrogen-bond acceptors (Lipinski definition) is 0. The zero-order valence-corrected chi connectivity index (χ0v) is 23.5. The molecule has 0 saturated carbocycles. The van der Waals surface area contributed by atoms with E-state index in [1.807, 2.05) is 0 Å². The maximum Gasteiger partial charge on any atom is 0.0158 e. The van der Waals surface area contributed by atoms with Crippen LogP contribution in [0.1, 0.15) is 86.4 Å². The molecular weight excluding hydrogens is 456 g/mol. The van der Waals surface area contributed by atoms with Crippen LogP contribution in [0.3, 0.4) is 0 Å². The Morgan fingerprint density at radius 1 is 0.763 bits per heavy atom. The average molecular weight is 495 g/mol. The Bertz CT molecular complexity index is 1590. The summed E-state index contributed by atoms with van der Waals surface area (Å²) >= 11 is 0. The molecule has 38 heavy (non-hydrogen) atoms. The Kier molecular flexibility index (Phi) is 5.84. The van der Waals surface area contributed by atoms with Crippen molar-refractivity contribution in [3.63, 3.8) is 0 Å². The van der Waals surface area contributed by atoms with E-state index >= 15 is 0 Å². The van der Waals surface area contributed by atoms with Crippen LogP contribution in [0.2, 0.25) is 0 Å². The van der Waals surface area contributed by atoms with Gasteiger partial charge in [-0.1, -0.05) is 131 Å². The van der Waals surface area contributed by atoms with Gasteiger partial charge in [-0.2, -0.15) is 0 Å². The molecule has 0 unspecified atom stereocenters. The van der Waals surface area contributed by atoms with Crippen molar-refractivity contribution in [2.24, 2.45) is 0 Å². The van der Waals surface area contributed by atoms with Crippen LogP contribution >= 0.6 is 0 Å². The Morgan fingerprint density at radius 3 is 2.21 bits per heavy atom. The molecular formula is C38H38. The van der Waals surface area contributed by atoms with Crippen LogP contribution in [0.25, 0.3) is 16.7 Å². The Hall–Kier alpha value is -3.64. The lowest BCUT2D eigenvalue weighted by atomic mass is 9.76. The van der Waals surface area contributed by atoms with Gasteiger partial charge in [-0.25, -0.2) is 0 Å². The second-order valence-electron chi connectivity index (χ2n) is 12.1. The first-order valence-electron chi connectivity index (χ1n) is 14.0. The molecule has 3 aliphatic carbocycles. The molecule has 0 atom stereocenters. The first-order valence-corrected chi connectivity index (χ1v) is 14.0. The normalized spacial score (nSPS) is 18.9. The van der Waals surface area contributed by atoms with Crippen molar-refractivity contribution in [2.75, 3.05) is 0 Å². The highest BCUT2D eigenvalue weighted by Gasteiger charge is 2.39. The fourth-order valence-corrected chi connectivity index (χ4v) is 7.36. The lowest BCUT2D eigenvalue weighted by molar-refractivity contribution is 0.609. The SMILES string of the molecule is C=CC1=C(/C=C\C)c2c(Cc3ccccc3C3=CC4=C(CC3)C(C)(C)c3ccccc34)cccc2C1(C)C. The summed E-state index contributed by atoms with van der Waals surface area (Å²) in [4.78, 5) is 0. The molecule has 0 fully saturated rings. The molecule has 0 N–H and O–H groups in total. The van der Waals surface area contributed by atoms with Gasteiger partial charge in [0.05, 0.1) is 0 Å². The van der Waals surface area contributed by atoms with Crippen molar-refractivity contribution >= 4 is 16.7 Å². The van der Waals surface area contributed by atoms with Crippen LogP contribution in [0, 0.1) is 0 Å². The molecule has 0 saturated heterocycles. The van der Waals surface area contributed by atoms with Crippen molar-refractivity contribution in [2.45, 2.75) is 64.7 Å². The molecule has 0 heterocycles. The second kappa shape index (κ2) is 8.98. The standard InChI is InChI=1S/C38H38/c1-7-14-30-32(8-2)37(3,4)35-20-13-16-27(36(30)35)23-25-15-9-10-17-28(25)26-21-22-34-31(24-26)29-18-11-12-19-33(29)38(34,5)6/h7-20,24H,2,21-23H2,1,3-6H3/b14-7-. The first kappa shape index (κ1) is 24.7. The Morgan fingerprint density at radius 2 is 1.45 bits per heavy atom. The van der Waals surface area contributed by atoms with Gasteiger partial charge in [0.15, 0.2) is 0 Å². The zero-order valence-electron chi connectivity index (χ0n) is 23.5. The zero-order chi connectivity index (χ0) is 26.7. The number of fused-ring (bicyclic) bond motifs is 3. The highest BCUT2D eigenvalue weighted by molar-refractivity contribution is 5.94. The van der Waals surface area contributed by atoms with Gasteiger partial charge in [0.25, 0.3) is 0 Å².